The Morgan fingerprint density at radius 3 is 2.73 bits per heavy atom. The number of likely N-dealkylation sites (tertiary alicyclic amines) is 1. The summed E-state index contributed by atoms with van der Waals surface area (Å²) in [7, 11) is 1.85. The van der Waals surface area contributed by atoms with Gasteiger partial charge in [-0.1, -0.05) is 0 Å². The van der Waals surface area contributed by atoms with E-state index in [1.807, 2.05) is 18.0 Å². The Balaban J connectivity index is 1.80. The maximum atomic E-state index is 12.0. The molecule has 2 saturated heterocycles. The van der Waals surface area contributed by atoms with E-state index in [0.29, 0.717) is 19.5 Å². The Morgan fingerprint density at radius 2 is 2.14 bits per heavy atom. The number of amides is 2. The zero-order valence-electron chi connectivity index (χ0n) is 13.2. The largest absolute Gasteiger partial charge is 0.472 e. The summed E-state index contributed by atoms with van der Waals surface area (Å²) in [5.41, 5.74) is 0.974. The van der Waals surface area contributed by atoms with Crippen molar-refractivity contribution in [2.75, 3.05) is 39.8 Å². The van der Waals surface area contributed by atoms with Crippen LogP contribution in [0.1, 0.15) is 18.9 Å². The van der Waals surface area contributed by atoms with Gasteiger partial charge in [0.05, 0.1) is 12.5 Å². The monoisotopic (exact) mass is 305 g/mol. The van der Waals surface area contributed by atoms with E-state index >= 15 is 0 Å². The molecule has 0 aromatic carbocycles. The van der Waals surface area contributed by atoms with Gasteiger partial charge in [0, 0.05) is 70.6 Å². The summed E-state index contributed by atoms with van der Waals surface area (Å²) in [6.45, 7) is 6.16. The van der Waals surface area contributed by atoms with Gasteiger partial charge in [-0.25, -0.2) is 0 Å². The van der Waals surface area contributed by atoms with E-state index in [4.69, 9.17) is 4.42 Å². The SMILES string of the molecule is CC(=O)N1CCN(Cc2ccoc2)C[C@@]2(CC(=O)N(C)C2)C1. The lowest BCUT2D eigenvalue weighted by Crippen LogP contribution is -2.43. The van der Waals surface area contributed by atoms with Gasteiger partial charge in [0.2, 0.25) is 11.8 Å². The van der Waals surface area contributed by atoms with Crippen LogP contribution in [0.3, 0.4) is 0 Å². The van der Waals surface area contributed by atoms with E-state index in [9.17, 15) is 9.59 Å². The molecule has 0 unspecified atom stereocenters. The van der Waals surface area contributed by atoms with E-state index in [-0.39, 0.29) is 17.2 Å². The van der Waals surface area contributed by atoms with Gasteiger partial charge in [-0.05, 0) is 6.07 Å². The van der Waals surface area contributed by atoms with E-state index in [2.05, 4.69) is 4.90 Å². The van der Waals surface area contributed by atoms with Crippen molar-refractivity contribution in [3.63, 3.8) is 0 Å². The molecule has 0 N–H and O–H groups in total. The lowest BCUT2D eigenvalue weighted by molar-refractivity contribution is -0.130. The van der Waals surface area contributed by atoms with E-state index < -0.39 is 0 Å². The summed E-state index contributed by atoms with van der Waals surface area (Å²) in [6, 6.07) is 1.96. The van der Waals surface area contributed by atoms with Crippen LogP contribution in [0, 0.1) is 5.41 Å². The Morgan fingerprint density at radius 1 is 1.32 bits per heavy atom. The molecule has 0 aliphatic carbocycles. The van der Waals surface area contributed by atoms with Crippen molar-refractivity contribution in [1.82, 2.24) is 14.7 Å². The second-order valence-electron chi connectivity index (χ2n) is 6.71. The lowest BCUT2D eigenvalue weighted by atomic mass is 9.86. The Hall–Kier alpha value is -1.82. The van der Waals surface area contributed by atoms with Crippen LogP contribution in [0.4, 0.5) is 0 Å². The van der Waals surface area contributed by atoms with Crippen LogP contribution >= 0.6 is 0 Å². The average Bonchev–Trinajstić information content (AvgIpc) is 2.98. The first-order chi connectivity index (χ1) is 10.5. The summed E-state index contributed by atoms with van der Waals surface area (Å²) in [5.74, 6) is 0.264. The highest BCUT2D eigenvalue weighted by Crippen LogP contribution is 2.34. The second-order valence-corrected chi connectivity index (χ2v) is 6.71. The van der Waals surface area contributed by atoms with Gasteiger partial charge < -0.3 is 14.2 Å². The summed E-state index contributed by atoms with van der Waals surface area (Å²) in [5, 5.41) is 0. The number of carbonyl (C=O) groups excluding carboxylic acids is 2. The molecule has 2 aliphatic rings. The molecule has 0 radical (unpaired) electrons. The Kier molecular flexibility index (Phi) is 3.95. The summed E-state index contributed by atoms with van der Waals surface area (Å²) >= 11 is 0. The van der Waals surface area contributed by atoms with Gasteiger partial charge >= 0.3 is 0 Å². The molecule has 1 atom stereocenters. The summed E-state index contributed by atoms with van der Waals surface area (Å²) in [4.78, 5) is 29.9. The molecule has 2 fully saturated rings. The maximum Gasteiger partial charge on any atom is 0.223 e. The van der Waals surface area contributed by atoms with Crippen molar-refractivity contribution in [3.05, 3.63) is 24.2 Å². The smallest absolute Gasteiger partial charge is 0.223 e. The zero-order chi connectivity index (χ0) is 15.7. The van der Waals surface area contributed by atoms with Crippen molar-refractivity contribution >= 4 is 11.8 Å². The zero-order valence-corrected chi connectivity index (χ0v) is 13.2. The van der Waals surface area contributed by atoms with Gasteiger partial charge in [-0.2, -0.15) is 0 Å². The van der Waals surface area contributed by atoms with Crippen LogP contribution in [0.5, 0.6) is 0 Å². The van der Waals surface area contributed by atoms with E-state index in [1.54, 1.807) is 24.3 Å². The van der Waals surface area contributed by atoms with Crippen molar-refractivity contribution in [2.24, 2.45) is 5.41 Å². The third-order valence-corrected chi connectivity index (χ3v) is 4.73. The minimum absolute atomic E-state index is 0.0894. The predicted molar refractivity (Wildman–Crippen MR) is 80.9 cm³/mol. The molecule has 120 valence electrons. The molecule has 3 rings (SSSR count). The van der Waals surface area contributed by atoms with Crippen LogP contribution in [0.2, 0.25) is 0 Å². The first kappa shape index (κ1) is 15.1. The minimum atomic E-state index is -0.155. The molecule has 0 bridgehead atoms. The molecule has 3 heterocycles. The van der Waals surface area contributed by atoms with E-state index in [0.717, 1.165) is 31.7 Å². The second kappa shape index (κ2) is 5.76. The molecule has 1 aromatic rings. The van der Waals surface area contributed by atoms with Gasteiger partial charge in [0.15, 0.2) is 0 Å². The fourth-order valence-corrected chi connectivity index (χ4v) is 3.71. The third kappa shape index (κ3) is 3.02. The molecule has 1 aromatic heterocycles. The molecule has 1 spiro atoms. The van der Waals surface area contributed by atoms with Crippen LogP contribution in [0.15, 0.2) is 23.0 Å². The highest BCUT2D eigenvalue weighted by atomic mass is 16.3. The molecule has 6 heteroatoms. The number of hydrogen-bond acceptors (Lipinski definition) is 4. The third-order valence-electron chi connectivity index (χ3n) is 4.73. The average molecular weight is 305 g/mol. The fourth-order valence-electron chi connectivity index (χ4n) is 3.71. The number of nitrogens with zero attached hydrogens (tertiary/aromatic N) is 3. The fraction of sp³-hybridized carbons (Fsp3) is 0.625. The lowest BCUT2D eigenvalue weighted by Gasteiger charge is -2.33. The van der Waals surface area contributed by atoms with Crippen molar-refractivity contribution < 1.29 is 14.0 Å². The van der Waals surface area contributed by atoms with Crippen LogP contribution < -0.4 is 0 Å². The summed E-state index contributed by atoms with van der Waals surface area (Å²) < 4.78 is 5.14. The Labute approximate surface area is 130 Å². The molecule has 2 amide bonds. The molecular formula is C16H23N3O3. The predicted octanol–water partition coefficient (Wildman–Crippen LogP) is 0.792. The molecule has 6 nitrogen and oxygen atoms in total. The quantitative estimate of drug-likeness (QED) is 0.811. The number of carbonyl (C=O) groups is 2. The van der Waals surface area contributed by atoms with Gasteiger partial charge in [-0.15, -0.1) is 0 Å². The Bertz CT molecular complexity index is 557. The topological polar surface area (TPSA) is 57.0 Å². The first-order valence-electron chi connectivity index (χ1n) is 7.70. The molecule has 22 heavy (non-hydrogen) atoms. The molecule has 0 saturated carbocycles. The van der Waals surface area contributed by atoms with Gasteiger partial charge in [-0.3, -0.25) is 14.5 Å². The van der Waals surface area contributed by atoms with Crippen molar-refractivity contribution in [3.8, 4) is 0 Å². The highest BCUT2D eigenvalue weighted by molar-refractivity contribution is 5.79. The number of hydrogen-bond donors (Lipinski definition) is 0. The highest BCUT2D eigenvalue weighted by Gasteiger charge is 2.45. The van der Waals surface area contributed by atoms with Crippen LogP contribution in [0.25, 0.3) is 0 Å². The minimum Gasteiger partial charge on any atom is -0.472 e. The molecular weight excluding hydrogens is 282 g/mol. The van der Waals surface area contributed by atoms with Gasteiger partial charge in [0.25, 0.3) is 0 Å². The first-order valence-corrected chi connectivity index (χ1v) is 7.70. The molecule has 2 aliphatic heterocycles. The number of furan rings is 1. The summed E-state index contributed by atoms with van der Waals surface area (Å²) in [6.07, 6.45) is 3.96. The maximum absolute atomic E-state index is 12.0. The van der Waals surface area contributed by atoms with Crippen molar-refractivity contribution in [1.29, 1.82) is 0 Å². The van der Waals surface area contributed by atoms with Gasteiger partial charge in [0.1, 0.15) is 0 Å². The standard InChI is InChI=1S/C16H23N3O3/c1-13(20)19-5-4-18(8-14-3-6-22-9-14)11-16(12-19)7-15(21)17(2)10-16/h3,6,9H,4-5,7-8,10-12H2,1-2H3/t16-/m0/s1. The van der Waals surface area contributed by atoms with Crippen molar-refractivity contribution in [2.45, 2.75) is 19.9 Å². The van der Waals surface area contributed by atoms with Crippen LogP contribution in [-0.2, 0) is 16.1 Å². The van der Waals surface area contributed by atoms with E-state index in [1.165, 1.54) is 0 Å². The normalized spacial score (nSPS) is 26.7. The number of rotatable bonds is 2. The van der Waals surface area contributed by atoms with Crippen LogP contribution in [-0.4, -0.2) is 66.3 Å².